The Labute approximate surface area is 110 Å². The molecule has 19 heavy (non-hydrogen) atoms. The molecule has 2 atom stereocenters. The topological polar surface area (TPSA) is 143 Å². The molecule has 0 aromatic heterocycles. The van der Waals surface area contributed by atoms with Crippen molar-refractivity contribution in [3.05, 3.63) is 0 Å². The van der Waals surface area contributed by atoms with E-state index in [4.69, 9.17) is 15.6 Å². The molecule has 2 amide bonds. The molecular weight excluding hydrogens is 256 g/mol. The second-order valence-electron chi connectivity index (χ2n) is 4.01. The molecule has 1 aliphatic rings. The van der Waals surface area contributed by atoms with E-state index in [9.17, 15) is 14.4 Å². The van der Waals surface area contributed by atoms with Crippen LogP contribution in [0.3, 0.4) is 0 Å². The van der Waals surface area contributed by atoms with Gasteiger partial charge in [0.1, 0.15) is 0 Å². The van der Waals surface area contributed by atoms with Crippen LogP contribution < -0.4 is 10.6 Å². The quantitative estimate of drug-likeness (QED) is 0.400. The first-order valence-corrected chi connectivity index (χ1v) is 5.42. The Balaban J connectivity index is 0.000000356. The molecule has 5 N–H and O–H groups in total. The Morgan fingerprint density at radius 2 is 2.05 bits per heavy atom. The lowest BCUT2D eigenvalue weighted by Crippen LogP contribution is -2.46. The highest BCUT2D eigenvalue weighted by Crippen LogP contribution is 1.92. The highest BCUT2D eigenvalue weighted by molar-refractivity contribution is 6.02. The fourth-order valence-electron chi connectivity index (χ4n) is 1.17. The summed E-state index contributed by atoms with van der Waals surface area (Å²) in [5.41, 5.74) is 0. The second kappa shape index (κ2) is 7.31. The Kier molecular flexibility index (Phi) is 6.48. The van der Waals surface area contributed by atoms with Gasteiger partial charge in [-0.25, -0.2) is 4.79 Å². The third-order valence-corrected chi connectivity index (χ3v) is 2.13. The van der Waals surface area contributed by atoms with Crippen molar-refractivity contribution >= 4 is 23.7 Å². The van der Waals surface area contributed by atoms with Crippen LogP contribution in [-0.2, 0) is 14.4 Å². The average Bonchev–Trinajstić information content (AvgIpc) is 2.52. The third kappa shape index (κ3) is 6.36. The van der Waals surface area contributed by atoms with E-state index in [1.807, 2.05) is 0 Å². The van der Waals surface area contributed by atoms with Gasteiger partial charge >= 0.3 is 5.97 Å². The van der Waals surface area contributed by atoms with Crippen LogP contribution in [0.25, 0.3) is 0 Å². The van der Waals surface area contributed by atoms with Gasteiger partial charge in [-0.2, -0.15) is 0 Å². The van der Waals surface area contributed by atoms with Gasteiger partial charge in [0.2, 0.25) is 11.8 Å². The Bertz CT molecular complexity index is 382. The molecule has 9 heteroatoms. The van der Waals surface area contributed by atoms with Gasteiger partial charge in [-0.3, -0.25) is 20.3 Å². The number of likely N-dealkylation sites (N-methyl/N-ethyl adjacent to an activating group) is 1. The van der Waals surface area contributed by atoms with Gasteiger partial charge in [-0.15, -0.1) is 0 Å². The molecule has 0 radical (unpaired) electrons. The summed E-state index contributed by atoms with van der Waals surface area (Å²) in [6.45, 7) is 2.81. The van der Waals surface area contributed by atoms with Crippen LogP contribution in [0.15, 0.2) is 0 Å². The highest BCUT2D eigenvalue weighted by atomic mass is 16.4. The van der Waals surface area contributed by atoms with Crippen LogP contribution >= 0.6 is 0 Å². The monoisotopic (exact) mass is 274 g/mol. The van der Waals surface area contributed by atoms with Crippen LogP contribution in [-0.4, -0.2) is 64.6 Å². The Morgan fingerprint density at radius 3 is 2.16 bits per heavy atom. The fraction of sp³-hybridized carbons (Fsp3) is 0.600. The smallest absolute Gasteiger partial charge is 0.328 e. The number of carbonyl (C=O) groups excluding carboxylic acids is 2. The lowest BCUT2D eigenvalue weighted by molar-refractivity contribution is -0.144. The summed E-state index contributed by atoms with van der Waals surface area (Å²) < 4.78 is 0. The molecule has 108 valence electrons. The molecule has 1 fully saturated rings. The van der Waals surface area contributed by atoms with E-state index in [1.54, 1.807) is 11.9 Å². The summed E-state index contributed by atoms with van der Waals surface area (Å²) in [5, 5.41) is 28.7. The standard InChI is InChI=1S/C6H11NO4.C4H7N3O/c1-3(8)5(6(10)11)7-4(2)9;1-7-2-3(8)6-4(7)5/h3,5,8H,1-2H3,(H,7,9)(H,10,11);2H2,1H3,(H2,5,6,8). The molecule has 1 rings (SSSR count). The van der Waals surface area contributed by atoms with Gasteiger partial charge in [-0.05, 0) is 6.92 Å². The van der Waals surface area contributed by atoms with Gasteiger partial charge in [0, 0.05) is 14.0 Å². The zero-order valence-corrected chi connectivity index (χ0v) is 10.9. The van der Waals surface area contributed by atoms with Crippen molar-refractivity contribution in [1.29, 1.82) is 5.41 Å². The number of aliphatic hydroxyl groups is 1. The number of rotatable bonds is 3. The number of hydrogen-bond acceptors (Lipinski definition) is 5. The molecule has 0 spiro atoms. The molecule has 1 heterocycles. The number of carbonyl (C=O) groups is 3. The van der Waals surface area contributed by atoms with Crippen LogP contribution in [0.2, 0.25) is 0 Å². The molecule has 1 aliphatic heterocycles. The maximum atomic E-state index is 10.4. The normalized spacial score (nSPS) is 16.9. The number of carboxylic acids is 1. The minimum Gasteiger partial charge on any atom is -0.480 e. The molecule has 1 saturated heterocycles. The van der Waals surface area contributed by atoms with Crippen LogP contribution in [0.5, 0.6) is 0 Å². The zero-order valence-electron chi connectivity index (χ0n) is 10.9. The van der Waals surface area contributed by atoms with E-state index in [2.05, 4.69) is 10.6 Å². The van der Waals surface area contributed by atoms with Crippen LogP contribution in [0.4, 0.5) is 0 Å². The zero-order chi connectivity index (χ0) is 15.2. The minimum atomic E-state index is -1.24. The largest absolute Gasteiger partial charge is 0.480 e. The van der Waals surface area contributed by atoms with Gasteiger partial charge < -0.3 is 20.4 Å². The van der Waals surface area contributed by atoms with Crippen molar-refractivity contribution in [2.45, 2.75) is 26.0 Å². The van der Waals surface area contributed by atoms with E-state index < -0.39 is 24.0 Å². The number of carboxylic acid groups (broad SMARTS) is 1. The van der Waals surface area contributed by atoms with Gasteiger partial charge in [-0.1, -0.05) is 0 Å². The number of aliphatic carboxylic acids is 1. The lowest BCUT2D eigenvalue weighted by Gasteiger charge is -2.15. The molecule has 2 unspecified atom stereocenters. The summed E-state index contributed by atoms with van der Waals surface area (Å²) >= 11 is 0. The SMILES string of the molecule is CC(=O)NC(C(=O)O)C(C)O.CN1CC(=O)NC1=N. The van der Waals surface area contributed by atoms with Crippen molar-refractivity contribution in [2.75, 3.05) is 13.6 Å². The number of nitrogens with zero attached hydrogens (tertiary/aromatic N) is 1. The number of nitrogens with one attached hydrogen (secondary N) is 3. The molecule has 0 aliphatic carbocycles. The predicted octanol–water partition coefficient (Wildman–Crippen LogP) is -2.06. The second-order valence-corrected chi connectivity index (χ2v) is 4.01. The number of hydrogen-bond donors (Lipinski definition) is 5. The Morgan fingerprint density at radius 1 is 1.53 bits per heavy atom. The summed E-state index contributed by atoms with van der Waals surface area (Å²) in [5.74, 6) is -1.62. The first-order chi connectivity index (χ1) is 8.65. The first kappa shape index (κ1) is 16.8. The number of aliphatic hydroxyl groups excluding tert-OH is 1. The predicted molar refractivity (Wildman–Crippen MR) is 65.4 cm³/mol. The molecule has 9 nitrogen and oxygen atoms in total. The Hall–Kier alpha value is -2.16. The number of amides is 2. The molecule has 0 saturated carbocycles. The molecular formula is C10H18N4O5. The summed E-state index contributed by atoms with van der Waals surface area (Å²) in [6.07, 6.45) is -1.09. The van der Waals surface area contributed by atoms with E-state index >= 15 is 0 Å². The third-order valence-electron chi connectivity index (χ3n) is 2.13. The van der Waals surface area contributed by atoms with Crippen molar-refractivity contribution < 1.29 is 24.6 Å². The highest BCUT2D eigenvalue weighted by Gasteiger charge is 2.23. The van der Waals surface area contributed by atoms with Crippen molar-refractivity contribution in [2.24, 2.45) is 0 Å². The van der Waals surface area contributed by atoms with Crippen molar-refractivity contribution in [3.63, 3.8) is 0 Å². The van der Waals surface area contributed by atoms with Gasteiger partial charge in [0.15, 0.2) is 12.0 Å². The summed E-state index contributed by atoms with van der Waals surface area (Å²) in [7, 11) is 1.69. The average molecular weight is 274 g/mol. The maximum Gasteiger partial charge on any atom is 0.328 e. The minimum absolute atomic E-state index is 0.0995. The molecule has 0 bridgehead atoms. The van der Waals surface area contributed by atoms with E-state index in [1.165, 1.54) is 13.8 Å². The number of guanidine groups is 1. The lowest BCUT2D eigenvalue weighted by atomic mass is 10.2. The molecule has 0 aromatic rings. The van der Waals surface area contributed by atoms with E-state index in [-0.39, 0.29) is 11.9 Å². The van der Waals surface area contributed by atoms with Gasteiger partial charge in [0.25, 0.3) is 0 Å². The van der Waals surface area contributed by atoms with Gasteiger partial charge in [0.05, 0.1) is 12.6 Å². The first-order valence-electron chi connectivity index (χ1n) is 5.42. The summed E-state index contributed by atoms with van der Waals surface area (Å²) in [4.78, 5) is 32.6. The van der Waals surface area contributed by atoms with Crippen molar-refractivity contribution in [3.8, 4) is 0 Å². The van der Waals surface area contributed by atoms with Crippen LogP contribution in [0, 0.1) is 5.41 Å². The van der Waals surface area contributed by atoms with E-state index in [0.717, 1.165) is 0 Å². The van der Waals surface area contributed by atoms with E-state index in [0.29, 0.717) is 6.54 Å². The van der Waals surface area contributed by atoms with Crippen LogP contribution in [0.1, 0.15) is 13.8 Å². The maximum absolute atomic E-state index is 10.4. The fourth-order valence-corrected chi connectivity index (χ4v) is 1.17. The van der Waals surface area contributed by atoms with Crippen molar-refractivity contribution in [1.82, 2.24) is 15.5 Å². The summed E-state index contributed by atoms with van der Waals surface area (Å²) in [6, 6.07) is -1.22. The molecule has 0 aromatic carbocycles.